The molecular weight excluding hydrogens is 234 g/mol. The quantitative estimate of drug-likeness (QED) is 0.812. The Morgan fingerprint density at radius 2 is 2.00 bits per heavy atom. The molecule has 1 atom stereocenters. The molecule has 1 aliphatic heterocycles. The van der Waals surface area contributed by atoms with Gasteiger partial charge in [0.15, 0.2) is 6.04 Å². The minimum Gasteiger partial charge on any atom is -0.490 e. The molecular formula is C13H15NO4. The molecule has 0 bridgehead atoms. The second kappa shape index (κ2) is 4.33. The minimum atomic E-state index is -1.06. The van der Waals surface area contributed by atoms with E-state index < -0.39 is 12.0 Å². The van der Waals surface area contributed by atoms with Crippen LogP contribution in [0.1, 0.15) is 21.5 Å². The second-order valence-electron chi connectivity index (χ2n) is 4.51. The van der Waals surface area contributed by atoms with E-state index in [4.69, 9.17) is 9.84 Å². The molecule has 0 aliphatic carbocycles. The average molecular weight is 249 g/mol. The van der Waals surface area contributed by atoms with Crippen molar-refractivity contribution in [3.05, 3.63) is 28.8 Å². The third kappa shape index (κ3) is 1.92. The van der Waals surface area contributed by atoms with Crippen LogP contribution >= 0.6 is 0 Å². The molecule has 1 heterocycles. The molecule has 0 radical (unpaired) electrons. The summed E-state index contributed by atoms with van der Waals surface area (Å²) in [6.45, 7) is 3.79. The van der Waals surface area contributed by atoms with E-state index in [1.165, 1.54) is 11.9 Å². The zero-order valence-electron chi connectivity index (χ0n) is 10.6. The van der Waals surface area contributed by atoms with Gasteiger partial charge < -0.3 is 14.7 Å². The monoisotopic (exact) mass is 249 g/mol. The molecule has 1 amide bonds. The predicted molar refractivity (Wildman–Crippen MR) is 64.9 cm³/mol. The van der Waals surface area contributed by atoms with E-state index >= 15 is 0 Å². The summed E-state index contributed by atoms with van der Waals surface area (Å²) in [5.74, 6) is -0.927. The summed E-state index contributed by atoms with van der Waals surface area (Å²) in [5.41, 5.74) is 2.41. The topological polar surface area (TPSA) is 66.8 Å². The lowest BCUT2D eigenvalue weighted by molar-refractivity contribution is -0.142. The van der Waals surface area contributed by atoms with Crippen LogP contribution in [-0.4, -0.2) is 41.6 Å². The Labute approximate surface area is 105 Å². The van der Waals surface area contributed by atoms with E-state index in [-0.39, 0.29) is 12.5 Å². The van der Waals surface area contributed by atoms with Gasteiger partial charge in [-0.15, -0.1) is 0 Å². The maximum atomic E-state index is 12.2. The summed E-state index contributed by atoms with van der Waals surface area (Å²) in [6, 6.07) is 2.57. The van der Waals surface area contributed by atoms with Crippen LogP contribution in [0.4, 0.5) is 0 Å². The Morgan fingerprint density at radius 3 is 2.61 bits per heavy atom. The number of hydrogen-bond acceptors (Lipinski definition) is 3. The number of amides is 1. The molecule has 18 heavy (non-hydrogen) atoms. The van der Waals surface area contributed by atoms with Gasteiger partial charge >= 0.3 is 5.97 Å². The highest BCUT2D eigenvalue weighted by atomic mass is 16.5. The van der Waals surface area contributed by atoms with Crippen molar-refractivity contribution in [1.29, 1.82) is 0 Å². The number of carboxylic acids is 1. The van der Waals surface area contributed by atoms with Gasteiger partial charge in [0.1, 0.15) is 12.4 Å². The lowest BCUT2D eigenvalue weighted by Gasteiger charge is -2.20. The predicted octanol–water partition coefficient (Wildman–Crippen LogP) is 1.22. The molecule has 0 spiro atoms. The van der Waals surface area contributed by atoms with Crippen molar-refractivity contribution in [2.45, 2.75) is 19.9 Å². The molecule has 5 heteroatoms. The highest BCUT2D eigenvalue weighted by molar-refractivity contribution is 5.99. The standard InChI is InChI=1S/C13H15NO4/c1-7-4-9-11(5-8(7)2)18-6-10(13(16)17)14(3)12(9)15/h4-5,10H,6H2,1-3H3,(H,16,17). The lowest BCUT2D eigenvalue weighted by atomic mass is 10.0. The van der Waals surface area contributed by atoms with Gasteiger partial charge in [0.05, 0.1) is 5.56 Å². The Balaban J connectivity index is 2.49. The fraction of sp³-hybridized carbons (Fsp3) is 0.385. The SMILES string of the molecule is Cc1cc2c(cc1C)C(=O)N(C)C(C(=O)O)CO2. The van der Waals surface area contributed by atoms with E-state index in [0.717, 1.165) is 11.1 Å². The first kappa shape index (κ1) is 12.4. The molecule has 2 rings (SSSR count). The van der Waals surface area contributed by atoms with E-state index in [9.17, 15) is 9.59 Å². The van der Waals surface area contributed by atoms with Crippen molar-refractivity contribution in [2.75, 3.05) is 13.7 Å². The van der Waals surface area contributed by atoms with Gasteiger partial charge in [0, 0.05) is 7.05 Å². The molecule has 1 aliphatic rings. The number of benzene rings is 1. The van der Waals surface area contributed by atoms with Gasteiger partial charge in [-0.25, -0.2) is 4.79 Å². The van der Waals surface area contributed by atoms with Crippen molar-refractivity contribution in [2.24, 2.45) is 0 Å². The first-order valence-corrected chi connectivity index (χ1v) is 5.66. The van der Waals surface area contributed by atoms with Gasteiger partial charge in [-0.1, -0.05) is 0 Å². The fourth-order valence-corrected chi connectivity index (χ4v) is 1.93. The van der Waals surface area contributed by atoms with Crippen LogP contribution in [0.25, 0.3) is 0 Å². The zero-order chi connectivity index (χ0) is 13.4. The van der Waals surface area contributed by atoms with Gasteiger partial charge in [0.25, 0.3) is 5.91 Å². The van der Waals surface area contributed by atoms with Crippen molar-refractivity contribution < 1.29 is 19.4 Å². The van der Waals surface area contributed by atoms with Crippen molar-refractivity contribution in [3.63, 3.8) is 0 Å². The van der Waals surface area contributed by atoms with Crippen LogP contribution in [0.15, 0.2) is 12.1 Å². The van der Waals surface area contributed by atoms with Crippen LogP contribution < -0.4 is 4.74 Å². The molecule has 0 saturated carbocycles. The number of aliphatic carboxylic acids is 1. The Kier molecular flexibility index (Phi) is 2.98. The van der Waals surface area contributed by atoms with Gasteiger partial charge in [0.2, 0.25) is 0 Å². The fourth-order valence-electron chi connectivity index (χ4n) is 1.93. The van der Waals surface area contributed by atoms with Crippen molar-refractivity contribution in [3.8, 4) is 5.75 Å². The highest BCUT2D eigenvalue weighted by Crippen LogP contribution is 2.27. The second-order valence-corrected chi connectivity index (χ2v) is 4.51. The molecule has 96 valence electrons. The summed E-state index contributed by atoms with van der Waals surface area (Å²) < 4.78 is 5.46. The Morgan fingerprint density at radius 1 is 1.39 bits per heavy atom. The normalized spacial score (nSPS) is 18.9. The lowest BCUT2D eigenvalue weighted by Crippen LogP contribution is -2.44. The first-order valence-electron chi connectivity index (χ1n) is 5.66. The average Bonchev–Trinajstić information content (AvgIpc) is 2.41. The van der Waals surface area contributed by atoms with Gasteiger partial charge in [-0.3, -0.25) is 4.79 Å². The number of carboxylic acid groups (broad SMARTS) is 1. The van der Waals surface area contributed by atoms with Crippen LogP contribution in [0, 0.1) is 13.8 Å². The molecule has 1 aromatic rings. The van der Waals surface area contributed by atoms with Gasteiger partial charge in [-0.2, -0.15) is 0 Å². The molecule has 0 saturated heterocycles. The number of rotatable bonds is 1. The molecule has 0 fully saturated rings. The first-order chi connectivity index (χ1) is 8.41. The van der Waals surface area contributed by atoms with Gasteiger partial charge in [-0.05, 0) is 37.1 Å². The number of fused-ring (bicyclic) bond motifs is 1. The third-order valence-corrected chi connectivity index (χ3v) is 3.30. The minimum absolute atomic E-state index is 0.0346. The van der Waals surface area contributed by atoms with E-state index in [1.54, 1.807) is 12.1 Å². The highest BCUT2D eigenvalue weighted by Gasteiger charge is 2.33. The van der Waals surface area contributed by atoms with E-state index in [0.29, 0.717) is 11.3 Å². The number of aryl methyl sites for hydroxylation is 2. The summed E-state index contributed by atoms with van der Waals surface area (Å²) in [4.78, 5) is 24.5. The molecule has 1 aromatic carbocycles. The van der Waals surface area contributed by atoms with Crippen LogP contribution in [-0.2, 0) is 4.79 Å². The van der Waals surface area contributed by atoms with Crippen molar-refractivity contribution >= 4 is 11.9 Å². The smallest absolute Gasteiger partial charge is 0.330 e. The molecule has 1 unspecified atom stereocenters. The summed E-state index contributed by atoms with van der Waals surface area (Å²) in [6.07, 6.45) is 0. The van der Waals surface area contributed by atoms with Crippen molar-refractivity contribution in [1.82, 2.24) is 4.90 Å². The maximum absolute atomic E-state index is 12.2. The summed E-state index contributed by atoms with van der Waals surface area (Å²) in [7, 11) is 1.48. The largest absolute Gasteiger partial charge is 0.490 e. The maximum Gasteiger partial charge on any atom is 0.330 e. The molecule has 5 nitrogen and oxygen atoms in total. The number of carbonyl (C=O) groups excluding carboxylic acids is 1. The zero-order valence-corrected chi connectivity index (χ0v) is 10.6. The summed E-state index contributed by atoms with van der Waals surface area (Å²) in [5, 5.41) is 9.07. The molecule has 1 N–H and O–H groups in total. The summed E-state index contributed by atoms with van der Waals surface area (Å²) >= 11 is 0. The van der Waals surface area contributed by atoms with Crippen LogP contribution in [0.5, 0.6) is 5.75 Å². The van der Waals surface area contributed by atoms with E-state index in [2.05, 4.69) is 0 Å². The van der Waals surface area contributed by atoms with E-state index in [1.807, 2.05) is 13.8 Å². The Hall–Kier alpha value is -2.04. The number of carbonyl (C=O) groups is 2. The number of ether oxygens (including phenoxy) is 1. The number of hydrogen-bond donors (Lipinski definition) is 1. The third-order valence-electron chi connectivity index (χ3n) is 3.30. The molecule has 0 aromatic heterocycles. The van der Waals surface area contributed by atoms with Crippen LogP contribution in [0.3, 0.4) is 0 Å². The number of likely N-dealkylation sites (N-methyl/N-ethyl adjacent to an activating group) is 1. The Bertz CT molecular complexity index is 524. The van der Waals surface area contributed by atoms with Crippen LogP contribution in [0.2, 0.25) is 0 Å². The number of nitrogens with zero attached hydrogens (tertiary/aromatic N) is 1.